The number of aromatic amines is 1. The van der Waals surface area contributed by atoms with Crippen LogP contribution in [0.3, 0.4) is 0 Å². The van der Waals surface area contributed by atoms with Gasteiger partial charge < -0.3 is 20.4 Å². The van der Waals surface area contributed by atoms with Crippen LogP contribution in [0.5, 0.6) is 5.75 Å². The third-order valence-electron chi connectivity index (χ3n) is 4.77. The molecule has 0 aliphatic carbocycles. The third kappa shape index (κ3) is 4.82. The van der Waals surface area contributed by atoms with Crippen molar-refractivity contribution in [2.45, 2.75) is 12.8 Å². The number of para-hydroxylation sites is 1. The first-order chi connectivity index (χ1) is 14.3. The summed E-state index contributed by atoms with van der Waals surface area (Å²) in [5.74, 6) is 2.09. The molecule has 29 heavy (non-hydrogen) atoms. The van der Waals surface area contributed by atoms with Crippen molar-refractivity contribution in [3.63, 3.8) is 0 Å². The van der Waals surface area contributed by atoms with Crippen molar-refractivity contribution < 1.29 is 4.74 Å². The zero-order chi connectivity index (χ0) is 19.9. The Kier molecular flexibility index (Phi) is 5.85. The van der Waals surface area contributed by atoms with E-state index in [1.165, 1.54) is 16.5 Å². The number of ether oxygens (including phenoxy) is 1. The molecule has 7 nitrogen and oxygen atoms in total. The minimum atomic E-state index is 0.519. The van der Waals surface area contributed by atoms with Crippen LogP contribution in [0, 0.1) is 0 Å². The van der Waals surface area contributed by atoms with Crippen molar-refractivity contribution in [1.29, 1.82) is 0 Å². The predicted octanol–water partition coefficient (Wildman–Crippen LogP) is 3.67. The number of rotatable bonds is 9. The lowest BCUT2D eigenvalue weighted by atomic mass is 10.1. The molecule has 0 bridgehead atoms. The van der Waals surface area contributed by atoms with Gasteiger partial charge in [0.1, 0.15) is 5.75 Å². The summed E-state index contributed by atoms with van der Waals surface area (Å²) in [6.45, 7) is 1.48. The quantitative estimate of drug-likeness (QED) is 0.405. The van der Waals surface area contributed by atoms with E-state index in [9.17, 15) is 0 Å². The standard InChI is InChI=1S/C22H24N6O/c1-29-18-6-4-5-16(13-18)9-11-24-22-27-21(15-26-28-22)23-12-10-17-14-25-20-8-3-2-7-19(17)20/h2-8,13-15,25H,9-12H2,1H3,(H2,23,24,27,28). The molecule has 0 aliphatic heterocycles. The Morgan fingerprint density at radius 1 is 1.00 bits per heavy atom. The Morgan fingerprint density at radius 2 is 1.90 bits per heavy atom. The van der Waals surface area contributed by atoms with Crippen molar-refractivity contribution in [2.24, 2.45) is 0 Å². The normalized spacial score (nSPS) is 10.8. The van der Waals surface area contributed by atoms with Crippen LogP contribution < -0.4 is 15.4 Å². The molecule has 0 amide bonds. The number of nitrogens with one attached hydrogen (secondary N) is 3. The molecule has 148 valence electrons. The highest BCUT2D eigenvalue weighted by atomic mass is 16.5. The smallest absolute Gasteiger partial charge is 0.244 e. The molecule has 2 aromatic heterocycles. The van der Waals surface area contributed by atoms with Crippen molar-refractivity contribution in [1.82, 2.24) is 20.2 Å². The summed E-state index contributed by atoms with van der Waals surface area (Å²) in [6, 6.07) is 16.4. The second-order valence-corrected chi connectivity index (χ2v) is 6.73. The lowest BCUT2D eigenvalue weighted by molar-refractivity contribution is 0.414. The second-order valence-electron chi connectivity index (χ2n) is 6.73. The molecule has 2 aromatic carbocycles. The number of methoxy groups -OCH3 is 1. The van der Waals surface area contributed by atoms with Gasteiger partial charge in [0.15, 0.2) is 5.82 Å². The van der Waals surface area contributed by atoms with E-state index in [-0.39, 0.29) is 0 Å². The van der Waals surface area contributed by atoms with Gasteiger partial charge in [-0.25, -0.2) is 0 Å². The van der Waals surface area contributed by atoms with Gasteiger partial charge in [0, 0.05) is 30.2 Å². The molecule has 0 atom stereocenters. The molecule has 0 saturated heterocycles. The molecule has 4 rings (SSSR count). The van der Waals surface area contributed by atoms with Crippen LogP contribution in [0.1, 0.15) is 11.1 Å². The van der Waals surface area contributed by atoms with Gasteiger partial charge in [-0.1, -0.05) is 30.3 Å². The fourth-order valence-electron chi connectivity index (χ4n) is 3.27. The van der Waals surface area contributed by atoms with Gasteiger partial charge in [-0.05, 0) is 42.2 Å². The van der Waals surface area contributed by atoms with Gasteiger partial charge in [-0.3, -0.25) is 0 Å². The number of fused-ring (bicyclic) bond motifs is 1. The van der Waals surface area contributed by atoms with E-state index in [0.717, 1.165) is 30.7 Å². The number of hydrogen-bond acceptors (Lipinski definition) is 6. The van der Waals surface area contributed by atoms with E-state index in [4.69, 9.17) is 4.74 Å². The van der Waals surface area contributed by atoms with Gasteiger partial charge in [0.2, 0.25) is 5.95 Å². The highest BCUT2D eigenvalue weighted by Gasteiger charge is 2.04. The number of H-pyrrole nitrogens is 1. The maximum Gasteiger partial charge on any atom is 0.244 e. The Morgan fingerprint density at radius 3 is 2.83 bits per heavy atom. The van der Waals surface area contributed by atoms with E-state index in [1.54, 1.807) is 13.3 Å². The van der Waals surface area contributed by atoms with Crippen LogP contribution in [0.4, 0.5) is 11.8 Å². The first-order valence-corrected chi connectivity index (χ1v) is 9.67. The van der Waals surface area contributed by atoms with Gasteiger partial charge in [-0.2, -0.15) is 10.1 Å². The summed E-state index contributed by atoms with van der Waals surface area (Å²) < 4.78 is 5.26. The minimum absolute atomic E-state index is 0.519. The van der Waals surface area contributed by atoms with E-state index >= 15 is 0 Å². The summed E-state index contributed by atoms with van der Waals surface area (Å²) in [4.78, 5) is 7.80. The first-order valence-electron chi connectivity index (χ1n) is 9.67. The van der Waals surface area contributed by atoms with Gasteiger partial charge in [0.25, 0.3) is 0 Å². The third-order valence-corrected chi connectivity index (χ3v) is 4.77. The molecular weight excluding hydrogens is 364 g/mol. The fraction of sp³-hybridized carbons (Fsp3) is 0.227. The maximum atomic E-state index is 5.26. The van der Waals surface area contributed by atoms with Crippen LogP contribution in [0.25, 0.3) is 10.9 Å². The molecule has 0 radical (unpaired) electrons. The van der Waals surface area contributed by atoms with Crippen molar-refractivity contribution in [3.8, 4) is 5.75 Å². The summed E-state index contributed by atoms with van der Waals surface area (Å²) in [6.07, 6.45) is 5.45. The summed E-state index contributed by atoms with van der Waals surface area (Å²) in [7, 11) is 1.67. The van der Waals surface area contributed by atoms with Crippen LogP contribution in [0.2, 0.25) is 0 Å². The Hall–Kier alpha value is -3.61. The lowest BCUT2D eigenvalue weighted by Gasteiger charge is -2.08. The molecule has 0 fully saturated rings. The lowest BCUT2D eigenvalue weighted by Crippen LogP contribution is -2.12. The topological polar surface area (TPSA) is 87.8 Å². The number of anilines is 2. The molecule has 2 heterocycles. The first kappa shape index (κ1) is 18.7. The average Bonchev–Trinajstić information content (AvgIpc) is 3.17. The number of benzene rings is 2. The Labute approximate surface area is 169 Å². The summed E-state index contributed by atoms with van der Waals surface area (Å²) >= 11 is 0. The summed E-state index contributed by atoms with van der Waals surface area (Å²) in [5.41, 5.74) is 3.64. The zero-order valence-electron chi connectivity index (χ0n) is 16.4. The predicted molar refractivity (Wildman–Crippen MR) is 116 cm³/mol. The molecular formula is C22H24N6O. The van der Waals surface area contributed by atoms with Gasteiger partial charge >= 0.3 is 0 Å². The molecule has 0 unspecified atom stereocenters. The highest BCUT2D eigenvalue weighted by Crippen LogP contribution is 2.18. The number of hydrogen-bond donors (Lipinski definition) is 3. The van der Waals surface area contributed by atoms with E-state index in [1.807, 2.05) is 24.3 Å². The van der Waals surface area contributed by atoms with Crippen LogP contribution in [-0.4, -0.2) is 40.4 Å². The molecule has 0 aliphatic rings. The van der Waals surface area contributed by atoms with Crippen LogP contribution in [-0.2, 0) is 12.8 Å². The molecule has 7 heteroatoms. The van der Waals surface area contributed by atoms with E-state index in [0.29, 0.717) is 18.3 Å². The van der Waals surface area contributed by atoms with Gasteiger partial charge in [-0.15, -0.1) is 5.10 Å². The number of aromatic nitrogens is 4. The summed E-state index contributed by atoms with van der Waals surface area (Å²) in [5, 5.41) is 15.9. The van der Waals surface area contributed by atoms with E-state index < -0.39 is 0 Å². The molecule has 3 N–H and O–H groups in total. The largest absolute Gasteiger partial charge is 0.497 e. The molecule has 4 aromatic rings. The maximum absolute atomic E-state index is 5.26. The monoisotopic (exact) mass is 388 g/mol. The minimum Gasteiger partial charge on any atom is -0.497 e. The van der Waals surface area contributed by atoms with E-state index in [2.05, 4.69) is 61.3 Å². The Bertz CT molecular complexity index is 1080. The molecule has 0 saturated carbocycles. The highest BCUT2D eigenvalue weighted by molar-refractivity contribution is 5.83. The molecule has 0 spiro atoms. The zero-order valence-corrected chi connectivity index (χ0v) is 16.4. The average molecular weight is 388 g/mol. The van der Waals surface area contributed by atoms with Crippen LogP contribution in [0.15, 0.2) is 60.9 Å². The van der Waals surface area contributed by atoms with Gasteiger partial charge in [0.05, 0.1) is 13.3 Å². The van der Waals surface area contributed by atoms with Crippen molar-refractivity contribution in [2.75, 3.05) is 30.8 Å². The second kappa shape index (κ2) is 9.05. The van der Waals surface area contributed by atoms with Crippen molar-refractivity contribution >= 4 is 22.7 Å². The van der Waals surface area contributed by atoms with Crippen LogP contribution >= 0.6 is 0 Å². The van der Waals surface area contributed by atoms with Crippen molar-refractivity contribution in [3.05, 3.63) is 72.1 Å². The SMILES string of the molecule is COc1cccc(CCNc2nncc(NCCc3c[nH]c4ccccc34)n2)c1. The fourth-order valence-corrected chi connectivity index (χ4v) is 3.27. The number of nitrogens with zero attached hydrogens (tertiary/aromatic N) is 3. The Balaban J connectivity index is 1.28.